The number of piperidine rings is 1. The van der Waals surface area contributed by atoms with Crippen molar-refractivity contribution >= 4 is 11.9 Å². The molecular weight excluding hydrogens is 294 g/mol. The third kappa shape index (κ3) is 4.24. The number of carbonyl (C=O) groups excluding carboxylic acids is 1. The van der Waals surface area contributed by atoms with E-state index in [4.69, 9.17) is 4.74 Å². The summed E-state index contributed by atoms with van der Waals surface area (Å²) in [6.45, 7) is 6.73. The van der Waals surface area contributed by atoms with Gasteiger partial charge in [-0.2, -0.15) is 0 Å². The lowest BCUT2D eigenvalue weighted by Crippen LogP contribution is -2.49. The Bertz CT molecular complexity index is 584. The first-order valence-corrected chi connectivity index (χ1v) is 8.12. The fourth-order valence-corrected chi connectivity index (χ4v) is 3.08. The lowest BCUT2D eigenvalue weighted by atomic mass is 9.90. The molecule has 1 amide bonds. The van der Waals surface area contributed by atoms with Crippen molar-refractivity contribution in [3.05, 3.63) is 29.3 Å². The molecule has 0 unspecified atom stereocenters. The molecule has 0 saturated carbocycles. The molecular formula is C18H25NO4. The highest BCUT2D eigenvalue weighted by molar-refractivity contribution is 5.78. The molecule has 1 heterocycles. The number of ether oxygens (including phenoxy) is 1. The van der Waals surface area contributed by atoms with Crippen LogP contribution in [0.5, 0.6) is 5.75 Å². The summed E-state index contributed by atoms with van der Waals surface area (Å²) in [5.41, 5.74) is 2.16. The highest BCUT2D eigenvalue weighted by atomic mass is 16.5. The molecule has 2 rings (SSSR count). The zero-order chi connectivity index (χ0) is 17.0. The number of carbonyl (C=O) groups is 2. The molecule has 1 saturated heterocycles. The summed E-state index contributed by atoms with van der Waals surface area (Å²) in [5.74, 6) is -0.518. The number of aryl methyl sites for hydroxylation is 2. The third-order valence-corrected chi connectivity index (χ3v) is 4.54. The summed E-state index contributed by atoms with van der Waals surface area (Å²) < 4.78 is 5.72. The molecule has 1 aliphatic rings. The highest BCUT2D eigenvalue weighted by Gasteiger charge is 2.34. The van der Waals surface area contributed by atoms with Crippen LogP contribution in [0.4, 0.5) is 0 Å². The Morgan fingerprint density at radius 1 is 1.35 bits per heavy atom. The van der Waals surface area contributed by atoms with Gasteiger partial charge >= 0.3 is 5.97 Å². The maximum atomic E-state index is 12.4. The molecule has 0 radical (unpaired) electrons. The first-order valence-electron chi connectivity index (χ1n) is 8.12. The van der Waals surface area contributed by atoms with Gasteiger partial charge in [0.2, 0.25) is 5.91 Å². The molecule has 1 aliphatic heterocycles. The van der Waals surface area contributed by atoms with E-state index in [0.29, 0.717) is 19.6 Å². The Kier molecular flexibility index (Phi) is 5.64. The Balaban J connectivity index is 1.89. The summed E-state index contributed by atoms with van der Waals surface area (Å²) in [6, 6.07) is 5.73. The predicted molar refractivity (Wildman–Crippen MR) is 87.6 cm³/mol. The van der Waals surface area contributed by atoms with Gasteiger partial charge in [0.25, 0.3) is 0 Å². The Hall–Kier alpha value is -2.04. The first-order chi connectivity index (χ1) is 10.9. The molecule has 2 atom stereocenters. The van der Waals surface area contributed by atoms with Gasteiger partial charge in [0.05, 0.1) is 18.9 Å². The molecule has 1 aromatic rings. The van der Waals surface area contributed by atoms with Gasteiger partial charge in [-0.15, -0.1) is 0 Å². The van der Waals surface area contributed by atoms with Gasteiger partial charge in [-0.25, -0.2) is 0 Å². The summed E-state index contributed by atoms with van der Waals surface area (Å²) in [4.78, 5) is 25.3. The number of rotatable bonds is 5. The van der Waals surface area contributed by atoms with E-state index in [9.17, 15) is 14.7 Å². The van der Waals surface area contributed by atoms with Crippen molar-refractivity contribution in [1.29, 1.82) is 0 Å². The number of benzene rings is 1. The van der Waals surface area contributed by atoms with Crippen LogP contribution in [0.15, 0.2) is 18.2 Å². The van der Waals surface area contributed by atoms with Gasteiger partial charge in [0.1, 0.15) is 5.75 Å². The van der Waals surface area contributed by atoms with E-state index in [0.717, 1.165) is 23.3 Å². The number of carboxylic acid groups (broad SMARTS) is 1. The summed E-state index contributed by atoms with van der Waals surface area (Å²) >= 11 is 0. The minimum Gasteiger partial charge on any atom is -0.493 e. The van der Waals surface area contributed by atoms with Crippen molar-refractivity contribution in [2.45, 2.75) is 46.1 Å². The van der Waals surface area contributed by atoms with Gasteiger partial charge in [-0.3, -0.25) is 9.59 Å². The summed E-state index contributed by atoms with van der Waals surface area (Å²) in [5, 5.41) is 9.23. The molecule has 1 N–H and O–H groups in total. The van der Waals surface area contributed by atoms with Crippen LogP contribution in [0.1, 0.15) is 37.3 Å². The van der Waals surface area contributed by atoms with Crippen molar-refractivity contribution < 1.29 is 19.4 Å². The average Bonchev–Trinajstić information content (AvgIpc) is 2.50. The topological polar surface area (TPSA) is 66.8 Å². The van der Waals surface area contributed by atoms with Crippen LogP contribution in [0.2, 0.25) is 0 Å². The summed E-state index contributed by atoms with van der Waals surface area (Å²) in [6.07, 6.45) is 1.65. The van der Waals surface area contributed by atoms with E-state index in [-0.39, 0.29) is 18.4 Å². The van der Waals surface area contributed by atoms with Gasteiger partial charge in [-0.1, -0.05) is 12.1 Å². The predicted octanol–water partition coefficient (Wildman–Crippen LogP) is 2.78. The number of amides is 1. The first kappa shape index (κ1) is 17.3. The van der Waals surface area contributed by atoms with Crippen LogP contribution < -0.4 is 4.74 Å². The molecule has 0 spiro atoms. The smallest absolute Gasteiger partial charge is 0.308 e. The van der Waals surface area contributed by atoms with Crippen LogP contribution in [-0.4, -0.2) is 41.1 Å². The number of nitrogens with zero attached hydrogens (tertiary/aromatic N) is 1. The molecule has 0 bridgehead atoms. The number of likely N-dealkylation sites (tertiary alicyclic amines) is 1. The Morgan fingerprint density at radius 2 is 2.09 bits per heavy atom. The van der Waals surface area contributed by atoms with E-state index in [1.807, 2.05) is 39.0 Å². The standard InChI is InChI=1S/C18H25NO4/c1-12-6-7-13(2)16(11-12)23-10-8-17(20)19-9-4-5-15(14(19)3)18(21)22/h6-7,11,14-15H,4-5,8-10H2,1-3H3,(H,21,22)/t14-,15-/m1/s1. The van der Waals surface area contributed by atoms with Crippen molar-refractivity contribution in [3.8, 4) is 5.75 Å². The second kappa shape index (κ2) is 7.49. The Labute approximate surface area is 137 Å². The van der Waals surface area contributed by atoms with E-state index in [1.165, 1.54) is 0 Å². The van der Waals surface area contributed by atoms with Crippen LogP contribution in [-0.2, 0) is 9.59 Å². The fraction of sp³-hybridized carbons (Fsp3) is 0.556. The quantitative estimate of drug-likeness (QED) is 0.906. The van der Waals surface area contributed by atoms with Crippen molar-refractivity contribution in [1.82, 2.24) is 4.90 Å². The van der Waals surface area contributed by atoms with Crippen molar-refractivity contribution in [2.75, 3.05) is 13.2 Å². The number of aliphatic carboxylic acids is 1. The number of carboxylic acids is 1. The van der Waals surface area contributed by atoms with Crippen molar-refractivity contribution in [2.24, 2.45) is 5.92 Å². The zero-order valence-corrected chi connectivity index (χ0v) is 14.0. The molecule has 1 aromatic carbocycles. The maximum absolute atomic E-state index is 12.4. The molecule has 126 valence electrons. The third-order valence-electron chi connectivity index (χ3n) is 4.54. The average molecular weight is 319 g/mol. The lowest BCUT2D eigenvalue weighted by Gasteiger charge is -2.37. The largest absolute Gasteiger partial charge is 0.493 e. The minimum atomic E-state index is -0.818. The fourth-order valence-electron chi connectivity index (χ4n) is 3.08. The van der Waals surface area contributed by atoms with E-state index in [1.54, 1.807) is 4.90 Å². The van der Waals surface area contributed by atoms with Gasteiger partial charge in [0.15, 0.2) is 0 Å². The SMILES string of the molecule is Cc1ccc(C)c(OCCC(=O)N2CCC[C@@H](C(=O)O)[C@H]2C)c1. The van der Waals surface area contributed by atoms with E-state index >= 15 is 0 Å². The Morgan fingerprint density at radius 3 is 2.78 bits per heavy atom. The van der Waals surface area contributed by atoms with Crippen molar-refractivity contribution in [3.63, 3.8) is 0 Å². The molecule has 5 heteroatoms. The van der Waals surface area contributed by atoms with Crippen LogP contribution >= 0.6 is 0 Å². The van der Waals surface area contributed by atoms with E-state index < -0.39 is 11.9 Å². The molecule has 23 heavy (non-hydrogen) atoms. The number of hydrogen-bond acceptors (Lipinski definition) is 3. The summed E-state index contributed by atoms with van der Waals surface area (Å²) in [7, 11) is 0. The maximum Gasteiger partial charge on any atom is 0.308 e. The van der Waals surface area contributed by atoms with Crippen LogP contribution in [0, 0.1) is 19.8 Å². The van der Waals surface area contributed by atoms with Gasteiger partial charge in [0, 0.05) is 12.6 Å². The van der Waals surface area contributed by atoms with Gasteiger partial charge in [-0.05, 0) is 50.8 Å². The second-order valence-corrected chi connectivity index (χ2v) is 6.28. The monoisotopic (exact) mass is 319 g/mol. The second-order valence-electron chi connectivity index (χ2n) is 6.28. The lowest BCUT2D eigenvalue weighted by molar-refractivity contribution is -0.149. The van der Waals surface area contributed by atoms with Crippen LogP contribution in [0.3, 0.4) is 0 Å². The zero-order valence-electron chi connectivity index (χ0n) is 14.0. The highest BCUT2D eigenvalue weighted by Crippen LogP contribution is 2.24. The minimum absolute atomic E-state index is 0.0336. The molecule has 0 aliphatic carbocycles. The number of hydrogen-bond donors (Lipinski definition) is 1. The molecule has 0 aromatic heterocycles. The van der Waals surface area contributed by atoms with Crippen LogP contribution in [0.25, 0.3) is 0 Å². The normalized spacial score (nSPS) is 21.1. The molecule has 1 fully saturated rings. The molecule has 5 nitrogen and oxygen atoms in total. The van der Waals surface area contributed by atoms with E-state index in [2.05, 4.69) is 0 Å². The van der Waals surface area contributed by atoms with Gasteiger partial charge < -0.3 is 14.7 Å².